The highest BCUT2D eigenvalue weighted by Crippen LogP contribution is 2.23. The fourth-order valence-electron chi connectivity index (χ4n) is 2.84. The minimum Gasteiger partial charge on any atom is -0.406 e. The van der Waals surface area contributed by atoms with Crippen LogP contribution < -0.4 is 10.1 Å². The van der Waals surface area contributed by atoms with Gasteiger partial charge in [0.1, 0.15) is 5.75 Å². The average molecular weight is 330 g/mol. The van der Waals surface area contributed by atoms with Crippen LogP contribution in [0, 0.1) is 5.92 Å². The summed E-state index contributed by atoms with van der Waals surface area (Å²) in [6, 6.07) is 5.45. The number of hydrogen-bond donors (Lipinski definition) is 1. The Morgan fingerprint density at radius 3 is 2.65 bits per heavy atom. The van der Waals surface area contributed by atoms with Gasteiger partial charge in [0.05, 0.1) is 6.42 Å². The molecule has 0 bridgehead atoms. The van der Waals surface area contributed by atoms with Crippen LogP contribution in [0.2, 0.25) is 0 Å². The van der Waals surface area contributed by atoms with Crippen molar-refractivity contribution >= 4 is 5.91 Å². The molecule has 0 spiro atoms. The molecule has 7 heteroatoms. The van der Waals surface area contributed by atoms with E-state index < -0.39 is 6.36 Å². The summed E-state index contributed by atoms with van der Waals surface area (Å²) < 4.78 is 40.1. The lowest BCUT2D eigenvalue weighted by Crippen LogP contribution is -2.43. The highest BCUT2D eigenvalue weighted by atomic mass is 19.4. The molecule has 0 aromatic heterocycles. The summed E-state index contributed by atoms with van der Waals surface area (Å²) in [5, 5.41) is 3.13. The van der Waals surface area contributed by atoms with Gasteiger partial charge in [-0.2, -0.15) is 0 Å². The summed E-state index contributed by atoms with van der Waals surface area (Å²) in [4.78, 5) is 14.2. The van der Waals surface area contributed by atoms with Gasteiger partial charge in [-0.15, -0.1) is 13.2 Å². The molecule has 1 N–H and O–H groups in total. The van der Waals surface area contributed by atoms with Crippen LogP contribution in [0.4, 0.5) is 13.2 Å². The molecular formula is C16H21F3N2O2. The molecule has 1 unspecified atom stereocenters. The van der Waals surface area contributed by atoms with Crippen molar-refractivity contribution in [2.45, 2.75) is 25.6 Å². The van der Waals surface area contributed by atoms with Crippen LogP contribution in [0.25, 0.3) is 0 Å². The third-order valence-corrected chi connectivity index (χ3v) is 3.88. The van der Waals surface area contributed by atoms with Crippen LogP contribution in [0.1, 0.15) is 18.4 Å². The second-order valence-electron chi connectivity index (χ2n) is 5.77. The first-order valence-electron chi connectivity index (χ1n) is 7.64. The number of carbonyl (C=O) groups excluding carboxylic acids is 1. The van der Waals surface area contributed by atoms with Gasteiger partial charge in [-0.1, -0.05) is 12.1 Å². The zero-order valence-electron chi connectivity index (χ0n) is 13.0. The van der Waals surface area contributed by atoms with E-state index in [4.69, 9.17) is 0 Å². The zero-order valence-corrected chi connectivity index (χ0v) is 13.0. The van der Waals surface area contributed by atoms with Crippen molar-refractivity contribution in [2.75, 3.05) is 26.7 Å². The molecule has 1 fully saturated rings. The second kappa shape index (κ2) is 7.68. The summed E-state index contributed by atoms with van der Waals surface area (Å²) in [6.07, 6.45) is -2.42. The van der Waals surface area contributed by atoms with Crippen molar-refractivity contribution in [3.63, 3.8) is 0 Å². The standard InChI is InChI=1S/C16H21F3N2O2/c1-20-10-13-3-2-8-21(11-13)15(22)9-12-4-6-14(7-5-12)23-16(17,18)19/h4-7,13,20H,2-3,8-11H2,1H3. The predicted octanol–water partition coefficient (Wildman–Crippen LogP) is 2.59. The van der Waals surface area contributed by atoms with Gasteiger partial charge in [-0.05, 0) is 50.0 Å². The number of halogens is 3. The maximum atomic E-state index is 12.3. The van der Waals surface area contributed by atoms with Crippen molar-refractivity contribution in [1.82, 2.24) is 10.2 Å². The topological polar surface area (TPSA) is 41.6 Å². The van der Waals surface area contributed by atoms with Gasteiger partial charge in [-0.3, -0.25) is 4.79 Å². The highest BCUT2D eigenvalue weighted by Gasteiger charge is 2.31. The molecule has 4 nitrogen and oxygen atoms in total. The molecule has 0 radical (unpaired) electrons. The van der Waals surface area contributed by atoms with E-state index in [1.807, 2.05) is 11.9 Å². The molecule has 128 valence electrons. The number of benzene rings is 1. The molecule has 1 aromatic rings. The molecule has 1 aromatic carbocycles. The number of ether oxygens (including phenoxy) is 1. The zero-order chi connectivity index (χ0) is 16.9. The molecule has 23 heavy (non-hydrogen) atoms. The normalized spacial score (nSPS) is 18.8. The van der Waals surface area contributed by atoms with Crippen LogP contribution in [0.15, 0.2) is 24.3 Å². The molecule has 1 aliphatic rings. The Hall–Kier alpha value is -1.76. The SMILES string of the molecule is CNCC1CCCN(C(=O)Cc2ccc(OC(F)(F)F)cc2)C1. The van der Waals surface area contributed by atoms with Crippen molar-refractivity contribution in [3.8, 4) is 5.75 Å². The van der Waals surface area contributed by atoms with E-state index in [-0.39, 0.29) is 18.1 Å². The van der Waals surface area contributed by atoms with Gasteiger partial charge in [0.2, 0.25) is 5.91 Å². The first kappa shape index (κ1) is 17.6. The molecule has 1 heterocycles. The predicted molar refractivity (Wildman–Crippen MR) is 80.1 cm³/mol. The molecular weight excluding hydrogens is 309 g/mol. The first-order valence-corrected chi connectivity index (χ1v) is 7.64. The van der Waals surface area contributed by atoms with E-state index in [2.05, 4.69) is 10.1 Å². The molecule has 0 aliphatic carbocycles. The quantitative estimate of drug-likeness (QED) is 0.902. The maximum Gasteiger partial charge on any atom is 0.573 e. The Morgan fingerprint density at radius 1 is 1.35 bits per heavy atom. The van der Waals surface area contributed by atoms with E-state index in [0.29, 0.717) is 11.5 Å². The van der Waals surface area contributed by atoms with Crippen LogP contribution in [0.5, 0.6) is 5.75 Å². The Labute approximate surface area is 133 Å². The third kappa shape index (κ3) is 5.74. The molecule has 2 rings (SSSR count). The summed E-state index contributed by atoms with van der Waals surface area (Å²) in [6.45, 7) is 2.36. The molecule has 1 amide bonds. The number of nitrogens with one attached hydrogen (secondary N) is 1. The first-order chi connectivity index (χ1) is 10.9. The third-order valence-electron chi connectivity index (χ3n) is 3.88. The number of likely N-dealkylation sites (tertiary alicyclic amines) is 1. The summed E-state index contributed by atoms with van der Waals surface area (Å²) in [7, 11) is 1.89. The number of hydrogen-bond acceptors (Lipinski definition) is 3. The second-order valence-corrected chi connectivity index (χ2v) is 5.77. The minimum absolute atomic E-state index is 0.00953. The van der Waals surface area contributed by atoms with E-state index in [0.717, 1.165) is 32.5 Å². The Balaban J connectivity index is 1.89. The van der Waals surface area contributed by atoms with Gasteiger partial charge in [0.15, 0.2) is 0 Å². The minimum atomic E-state index is -4.70. The summed E-state index contributed by atoms with van der Waals surface area (Å²) >= 11 is 0. The number of alkyl halides is 3. The van der Waals surface area contributed by atoms with E-state index in [1.54, 1.807) is 0 Å². The largest absolute Gasteiger partial charge is 0.573 e. The maximum absolute atomic E-state index is 12.3. The number of piperidine rings is 1. The van der Waals surface area contributed by atoms with E-state index >= 15 is 0 Å². The lowest BCUT2D eigenvalue weighted by molar-refractivity contribution is -0.274. The van der Waals surface area contributed by atoms with Crippen molar-refractivity contribution in [2.24, 2.45) is 5.92 Å². The molecule has 1 aliphatic heterocycles. The number of amides is 1. The van der Waals surface area contributed by atoms with Gasteiger partial charge >= 0.3 is 6.36 Å². The Bertz CT molecular complexity index is 515. The van der Waals surface area contributed by atoms with Crippen molar-refractivity contribution in [3.05, 3.63) is 29.8 Å². The van der Waals surface area contributed by atoms with Crippen LogP contribution in [-0.4, -0.2) is 43.9 Å². The number of carbonyl (C=O) groups is 1. The Morgan fingerprint density at radius 2 is 2.04 bits per heavy atom. The molecule has 1 atom stereocenters. The van der Waals surface area contributed by atoms with Gasteiger partial charge in [0, 0.05) is 13.1 Å². The summed E-state index contributed by atoms with van der Waals surface area (Å²) in [5.74, 6) is 0.191. The molecule has 1 saturated heterocycles. The van der Waals surface area contributed by atoms with Gasteiger partial charge in [-0.25, -0.2) is 0 Å². The van der Waals surface area contributed by atoms with Gasteiger partial charge < -0.3 is 15.0 Å². The van der Waals surface area contributed by atoms with E-state index in [9.17, 15) is 18.0 Å². The Kier molecular flexibility index (Phi) is 5.87. The number of nitrogens with zero attached hydrogens (tertiary/aromatic N) is 1. The van der Waals surface area contributed by atoms with Gasteiger partial charge in [0.25, 0.3) is 0 Å². The van der Waals surface area contributed by atoms with Crippen molar-refractivity contribution < 1.29 is 22.7 Å². The highest BCUT2D eigenvalue weighted by molar-refractivity contribution is 5.78. The van der Waals surface area contributed by atoms with Crippen LogP contribution in [-0.2, 0) is 11.2 Å². The molecule has 0 saturated carbocycles. The monoisotopic (exact) mass is 330 g/mol. The van der Waals surface area contributed by atoms with E-state index in [1.165, 1.54) is 24.3 Å². The fourth-order valence-corrected chi connectivity index (χ4v) is 2.84. The van der Waals surface area contributed by atoms with Crippen LogP contribution >= 0.6 is 0 Å². The lowest BCUT2D eigenvalue weighted by atomic mass is 9.97. The summed E-state index contributed by atoms with van der Waals surface area (Å²) in [5.41, 5.74) is 0.681. The average Bonchev–Trinajstić information content (AvgIpc) is 2.48. The number of rotatable bonds is 5. The van der Waals surface area contributed by atoms with Crippen LogP contribution in [0.3, 0.4) is 0 Å². The fraction of sp³-hybridized carbons (Fsp3) is 0.562. The smallest absolute Gasteiger partial charge is 0.406 e. The lowest BCUT2D eigenvalue weighted by Gasteiger charge is -2.32. The van der Waals surface area contributed by atoms with Crippen molar-refractivity contribution in [1.29, 1.82) is 0 Å².